The first-order valence-corrected chi connectivity index (χ1v) is 5.83. The largest absolute Gasteiger partial charge is 0.367 e. The molecule has 0 saturated heterocycles. The number of hydrogen-bond acceptors (Lipinski definition) is 4. The van der Waals surface area contributed by atoms with Gasteiger partial charge in [-0.25, -0.2) is 4.79 Å². The van der Waals surface area contributed by atoms with Crippen molar-refractivity contribution in [1.82, 2.24) is 19.8 Å². The zero-order valence-corrected chi connectivity index (χ0v) is 8.90. The first kappa shape index (κ1) is 10.8. The molecule has 0 aromatic carbocycles. The van der Waals surface area contributed by atoms with Gasteiger partial charge in [-0.2, -0.15) is 9.36 Å². The number of aryl methyl sites for hydroxylation is 1. The van der Waals surface area contributed by atoms with Crippen molar-refractivity contribution in [3.05, 3.63) is 16.6 Å². The summed E-state index contributed by atoms with van der Waals surface area (Å²) in [5, 5.41) is 7.25. The van der Waals surface area contributed by atoms with Gasteiger partial charge < -0.3 is 0 Å². The Morgan fingerprint density at radius 2 is 2.21 bits per heavy atom. The highest BCUT2D eigenvalue weighted by molar-refractivity contribution is 7.84. The van der Waals surface area contributed by atoms with Crippen LogP contribution in [0.15, 0.2) is 10.9 Å². The highest BCUT2D eigenvalue weighted by Crippen LogP contribution is 1.81. The molecule has 14 heavy (non-hydrogen) atoms. The summed E-state index contributed by atoms with van der Waals surface area (Å²) >= 11 is 0. The van der Waals surface area contributed by atoms with E-state index < -0.39 is 10.8 Å². The number of aromatic nitrogens is 4. The third kappa shape index (κ3) is 2.63. The van der Waals surface area contributed by atoms with Gasteiger partial charge in [0.15, 0.2) is 0 Å². The minimum atomic E-state index is -0.924. The van der Waals surface area contributed by atoms with E-state index in [-0.39, 0.29) is 5.69 Å². The number of rotatable bonds is 4. The standard InChI is InChI=1S/C7H12N4O2S/c1-3-4-10-7(12)11(9-8-10)5-6-14(2)13/h3-4H,5-6H2,1-2H3/b4-3-. The Hall–Kier alpha value is -1.24. The maximum atomic E-state index is 11.4. The molecule has 0 bridgehead atoms. The lowest BCUT2D eigenvalue weighted by Gasteiger charge is -1.93. The van der Waals surface area contributed by atoms with Gasteiger partial charge in [0.1, 0.15) is 0 Å². The van der Waals surface area contributed by atoms with Gasteiger partial charge in [0.25, 0.3) is 0 Å². The van der Waals surface area contributed by atoms with Gasteiger partial charge in [0.2, 0.25) is 0 Å². The lowest BCUT2D eigenvalue weighted by atomic mass is 10.7. The Bertz CT molecular complexity index is 406. The second-order valence-electron chi connectivity index (χ2n) is 2.69. The maximum absolute atomic E-state index is 11.4. The van der Waals surface area contributed by atoms with E-state index in [4.69, 9.17) is 0 Å². The van der Waals surface area contributed by atoms with Crippen LogP contribution in [-0.4, -0.2) is 36.0 Å². The topological polar surface area (TPSA) is 69.8 Å². The third-order valence-electron chi connectivity index (χ3n) is 1.54. The Labute approximate surface area is 83.7 Å². The zero-order valence-electron chi connectivity index (χ0n) is 8.08. The number of nitrogens with zero attached hydrogens (tertiary/aromatic N) is 4. The van der Waals surface area contributed by atoms with Crippen molar-refractivity contribution in [1.29, 1.82) is 0 Å². The first-order valence-electron chi connectivity index (χ1n) is 4.10. The van der Waals surface area contributed by atoms with E-state index in [1.54, 1.807) is 19.3 Å². The highest BCUT2D eigenvalue weighted by Gasteiger charge is 2.03. The van der Waals surface area contributed by atoms with Gasteiger partial charge in [-0.15, -0.1) is 0 Å². The van der Waals surface area contributed by atoms with E-state index in [9.17, 15) is 9.00 Å². The van der Waals surface area contributed by atoms with E-state index in [1.165, 1.54) is 10.9 Å². The molecule has 0 spiro atoms. The molecule has 1 aromatic rings. The summed E-state index contributed by atoms with van der Waals surface area (Å²) in [6, 6.07) is 0. The van der Waals surface area contributed by atoms with Crippen LogP contribution >= 0.6 is 0 Å². The zero-order chi connectivity index (χ0) is 10.6. The Morgan fingerprint density at radius 3 is 2.79 bits per heavy atom. The van der Waals surface area contributed by atoms with Crippen LogP contribution in [0.4, 0.5) is 0 Å². The molecule has 0 aliphatic heterocycles. The van der Waals surface area contributed by atoms with Crippen molar-refractivity contribution in [3.8, 4) is 0 Å². The van der Waals surface area contributed by atoms with Crippen molar-refractivity contribution in [3.63, 3.8) is 0 Å². The molecule has 6 nitrogen and oxygen atoms in total. The Kier molecular flexibility index (Phi) is 3.75. The number of tetrazole rings is 1. The van der Waals surface area contributed by atoms with Crippen LogP contribution in [0.1, 0.15) is 6.92 Å². The molecule has 0 amide bonds. The van der Waals surface area contributed by atoms with Crippen LogP contribution in [0.2, 0.25) is 0 Å². The van der Waals surface area contributed by atoms with Gasteiger partial charge >= 0.3 is 5.69 Å². The summed E-state index contributed by atoms with van der Waals surface area (Å²) in [6.45, 7) is 2.12. The molecule has 0 aliphatic rings. The van der Waals surface area contributed by atoms with Gasteiger partial charge in [0, 0.05) is 29.0 Å². The summed E-state index contributed by atoms with van der Waals surface area (Å²) in [4.78, 5) is 11.4. The summed E-state index contributed by atoms with van der Waals surface area (Å²) in [5.41, 5.74) is -0.312. The molecular formula is C7H12N4O2S. The van der Waals surface area contributed by atoms with Crippen molar-refractivity contribution in [2.45, 2.75) is 13.5 Å². The van der Waals surface area contributed by atoms with Crippen LogP contribution in [0.25, 0.3) is 6.20 Å². The number of hydrogen-bond donors (Lipinski definition) is 0. The van der Waals surface area contributed by atoms with Gasteiger partial charge in [0.05, 0.1) is 6.54 Å². The molecule has 1 atom stereocenters. The Balaban J connectivity index is 2.80. The van der Waals surface area contributed by atoms with Gasteiger partial charge in [-0.05, 0) is 17.4 Å². The molecule has 78 valence electrons. The van der Waals surface area contributed by atoms with Crippen LogP contribution in [0.5, 0.6) is 0 Å². The molecule has 1 unspecified atom stereocenters. The minimum absolute atomic E-state index is 0.312. The molecule has 1 aromatic heterocycles. The minimum Gasteiger partial charge on any atom is -0.260 e. The average Bonchev–Trinajstić information content (AvgIpc) is 2.46. The molecule has 0 saturated carbocycles. The fourth-order valence-corrected chi connectivity index (χ4v) is 1.31. The van der Waals surface area contributed by atoms with Crippen LogP contribution in [0, 0.1) is 0 Å². The lowest BCUT2D eigenvalue weighted by molar-refractivity contribution is 0.607. The number of allylic oxidation sites excluding steroid dienone is 1. The van der Waals surface area contributed by atoms with E-state index in [0.29, 0.717) is 12.3 Å². The summed E-state index contributed by atoms with van der Waals surface area (Å²) in [5.74, 6) is 0.411. The summed E-state index contributed by atoms with van der Waals surface area (Å²) in [6.07, 6.45) is 4.80. The second-order valence-corrected chi connectivity index (χ2v) is 4.24. The van der Waals surface area contributed by atoms with Crippen LogP contribution in [0.3, 0.4) is 0 Å². The lowest BCUT2D eigenvalue weighted by Crippen LogP contribution is -2.24. The molecule has 0 aliphatic carbocycles. The monoisotopic (exact) mass is 216 g/mol. The van der Waals surface area contributed by atoms with E-state index in [0.717, 1.165) is 4.68 Å². The molecule has 0 N–H and O–H groups in total. The van der Waals surface area contributed by atoms with Gasteiger partial charge in [-0.3, -0.25) is 4.21 Å². The summed E-state index contributed by atoms with van der Waals surface area (Å²) < 4.78 is 13.1. The van der Waals surface area contributed by atoms with Crippen molar-refractivity contribution in [2.24, 2.45) is 0 Å². The fourth-order valence-electron chi connectivity index (χ4n) is 0.876. The SMILES string of the molecule is C/C=C\n1nnn(CCS(C)=O)c1=O. The second kappa shape index (κ2) is 4.85. The average molecular weight is 216 g/mol. The van der Waals surface area contributed by atoms with Crippen molar-refractivity contribution >= 4 is 17.0 Å². The molecule has 1 heterocycles. The highest BCUT2D eigenvalue weighted by atomic mass is 32.2. The molecular weight excluding hydrogens is 204 g/mol. The summed E-state index contributed by atoms with van der Waals surface area (Å²) in [7, 11) is -0.924. The van der Waals surface area contributed by atoms with Crippen molar-refractivity contribution in [2.75, 3.05) is 12.0 Å². The quantitative estimate of drug-likeness (QED) is 0.668. The van der Waals surface area contributed by atoms with Crippen LogP contribution in [-0.2, 0) is 17.3 Å². The molecule has 0 radical (unpaired) electrons. The van der Waals surface area contributed by atoms with E-state index in [2.05, 4.69) is 10.4 Å². The maximum Gasteiger partial charge on any atom is 0.367 e. The first-order chi connectivity index (χ1) is 6.65. The van der Waals surface area contributed by atoms with E-state index >= 15 is 0 Å². The van der Waals surface area contributed by atoms with Gasteiger partial charge in [-0.1, -0.05) is 6.08 Å². The molecule has 1 rings (SSSR count). The van der Waals surface area contributed by atoms with Crippen molar-refractivity contribution < 1.29 is 4.21 Å². The molecule has 0 fully saturated rings. The van der Waals surface area contributed by atoms with Crippen LogP contribution < -0.4 is 5.69 Å². The fraction of sp³-hybridized carbons (Fsp3) is 0.571. The normalized spacial score (nSPS) is 13.6. The smallest absolute Gasteiger partial charge is 0.260 e. The predicted octanol–water partition coefficient (Wildman–Crippen LogP) is -0.691. The molecule has 7 heteroatoms. The van der Waals surface area contributed by atoms with E-state index in [1.807, 2.05) is 0 Å². The Morgan fingerprint density at radius 1 is 1.50 bits per heavy atom. The third-order valence-corrected chi connectivity index (χ3v) is 2.30. The predicted molar refractivity (Wildman–Crippen MR) is 54.2 cm³/mol.